The monoisotopic (exact) mass is 335 g/mol. The number of aliphatic carboxylic acids is 1. The molecule has 1 aromatic rings. The van der Waals surface area contributed by atoms with Crippen LogP contribution in [0.25, 0.3) is 0 Å². The van der Waals surface area contributed by atoms with Gasteiger partial charge in [-0.05, 0) is 41.2 Å². The number of carbonyl (C=O) groups is 1. The summed E-state index contributed by atoms with van der Waals surface area (Å²) < 4.78 is 51.1. The van der Waals surface area contributed by atoms with Gasteiger partial charge in [0.2, 0.25) is 0 Å². The molecule has 0 aromatic heterocycles. The summed E-state index contributed by atoms with van der Waals surface area (Å²) in [6.45, 7) is 0. The number of anilines is 1. The van der Waals surface area contributed by atoms with E-state index in [0.717, 1.165) is 4.90 Å². The average Bonchev–Trinajstić information content (AvgIpc) is 2.35. The molecule has 1 aliphatic heterocycles. The van der Waals surface area contributed by atoms with Crippen LogP contribution in [0.2, 0.25) is 0 Å². The zero-order chi connectivity index (χ0) is 16.7. The molecule has 0 saturated heterocycles. The van der Waals surface area contributed by atoms with E-state index in [2.05, 4.69) is 0 Å². The van der Waals surface area contributed by atoms with Crippen molar-refractivity contribution in [2.45, 2.75) is 36.4 Å². The van der Waals surface area contributed by atoms with Crippen LogP contribution in [0, 0.1) is 0 Å². The van der Waals surface area contributed by atoms with Crippen molar-refractivity contribution >= 4 is 22.8 Å². The Morgan fingerprint density at radius 3 is 2.64 bits per heavy atom. The lowest BCUT2D eigenvalue weighted by Crippen LogP contribution is -2.47. The van der Waals surface area contributed by atoms with Crippen molar-refractivity contribution in [3.8, 4) is 0 Å². The third kappa shape index (κ3) is 3.33. The Labute approximate surface area is 129 Å². The summed E-state index contributed by atoms with van der Waals surface area (Å²) in [6, 6.07) is 1.41. The molecule has 0 spiro atoms. The summed E-state index contributed by atoms with van der Waals surface area (Å²) in [5.41, 5.74) is 1.38. The summed E-state index contributed by atoms with van der Waals surface area (Å²) >= 11 is -1.51. The van der Waals surface area contributed by atoms with Crippen LogP contribution in [0.5, 0.6) is 0 Å². The van der Waals surface area contributed by atoms with Crippen LogP contribution < -0.4 is 4.90 Å². The maximum atomic E-state index is 13.1. The van der Waals surface area contributed by atoms with Gasteiger partial charge in [-0.15, -0.1) is 0 Å². The molecule has 0 saturated carbocycles. The van der Waals surface area contributed by atoms with Gasteiger partial charge in [-0.2, -0.15) is 13.2 Å². The van der Waals surface area contributed by atoms with Crippen LogP contribution in [-0.2, 0) is 28.8 Å². The van der Waals surface area contributed by atoms with Gasteiger partial charge >= 0.3 is 12.1 Å². The molecule has 2 atom stereocenters. The van der Waals surface area contributed by atoms with E-state index in [1.165, 1.54) is 19.4 Å². The molecule has 0 fully saturated rings. The maximum absolute atomic E-state index is 13.1. The SMILES string of the molecule is CN1c2c(cc(CC(=O)O)cc2[S+](C)[O-])CCC1C(F)(F)F. The van der Waals surface area contributed by atoms with E-state index < -0.39 is 29.4 Å². The molecule has 0 aliphatic carbocycles. The Balaban J connectivity index is 2.52. The second-order valence-electron chi connectivity index (χ2n) is 5.33. The minimum absolute atomic E-state index is 0.0979. The molecule has 2 rings (SSSR count). The number of carboxylic acid groups (broad SMARTS) is 1. The van der Waals surface area contributed by atoms with Crippen molar-refractivity contribution in [3.05, 3.63) is 23.3 Å². The third-order valence-corrected chi connectivity index (χ3v) is 4.69. The Bertz CT molecular complexity index is 589. The first-order chi connectivity index (χ1) is 10.1. The fourth-order valence-corrected chi connectivity index (χ4v) is 3.71. The predicted molar refractivity (Wildman–Crippen MR) is 76.7 cm³/mol. The molecule has 2 unspecified atom stereocenters. The van der Waals surface area contributed by atoms with Gasteiger partial charge in [-0.25, -0.2) is 0 Å². The summed E-state index contributed by atoms with van der Waals surface area (Å²) in [7, 11) is 1.34. The summed E-state index contributed by atoms with van der Waals surface area (Å²) in [6.07, 6.45) is -3.14. The molecule has 22 heavy (non-hydrogen) atoms. The number of rotatable bonds is 3. The average molecular weight is 335 g/mol. The molecule has 0 radical (unpaired) electrons. The van der Waals surface area contributed by atoms with Crippen molar-refractivity contribution in [1.82, 2.24) is 0 Å². The Kier molecular flexibility index (Phi) is 4.62. The van der Waals surface area contributed by atoms with Gasteiger partial charge in [-0.1, -0.05) is 6.07 Å². The standard InChI is InChI=1S/C14H16F3NO3S/c1-18-11(14(15,16)17)4-3-9-5-8(7-12(19)20)6-10(13(9)18)22(2)21/h5-6,11H,3-4,7H2,1-2H3,(H,19,20). The first kappa shape index (κ1) is 17.0. The zero-order valence-corrected chi connectivity index (χ0v) is 12.9. The number of benzene rings is 1. The van der Waals surface area contributed by atoms with E-state index in [1.54, 1.807) is 6.07 Å². The van der Waals surface area contributed by atoms with Gasteiger partial charge in [0.15, 0.2) is 4.90 Å². The highest BCUT2D eigenvalue weighted by molar-refractivity contribution is 7.90. The molecule has 122 valence electrons. The highest BCUT2D eigenvalue weighted by Crippen LogP contribution is 2.41. The second kappa shape index (κ2) is 6.00. The van der Waals surface area contributed by atoms with Crippen LogP contribution >= 0.6 is 0 Å². The highest BCUT2D eigenvalue weighted by Gasteiger charge is 2.45. The molecule has 0 bridgehead atoms. The fourth-order valence-electron chi connectivity index (χ4n) is 2.84. The topological polar surface area (TPSA) is 63.6 Å². The molecule has 1 N–H and O–H groups in total. The number of hydrogen-bond donors (Lipinski definition) is 1. The van der Waals surface area contributed by atoms with Crippen LogP contribution in [0.4, 0.5) is 18.9 Å². The predicted octanol–water partition coefficient (Wildman–Crippen LogP) is 2.36. The number of hydrogen-bond acceptors (Lipinski definition) is 3. The summed E-state index contributed by atoms with van der Waals surface area (Å²) in [5.74, 6) is -1.04. The zero-order valence-electron chi connectivity index (χ0n) is 12.1. The number of nitrogens with zero attached hydrogens (tertiary/aromatic N) is 1. The fraction of sp³-hybridized carbons (Fsp3) is 0.500. The van der Waals surface area contributed by atoms with E-state index in [4.69, 9.17) is 5.11 Å². The molecular weight excluding hydrogens is 319 g/mol. The van der Waals surface area contributed by atoms with Crippen molar-refractivity contribution in [3.63, 3.8) is 0 Å². The van der Waals surface area contributed by atoms with Crippen molar-refractivity contribution in [1.29, 1.82) is 0 Å². The lowest BCUT2D eigenvalue weighted by atomic mass is 9.93. The van der Waals surface area contributed by atoms with Crippen LogP contribution in [-0.4, -0.2) is 41.2 Å². The summed E-state index contributed by atoms with van der Waals surface area (Å²) in [5, 5.41) is 8.87. The Morgan fingerprint density at radius 1 is 1.50 bits per heavy atom. The smallest absolute Gasteiger partial charge is 0.408 e. The minimum atomic E-state index is -4.36. The maximum Gasteiger partial charge on any atom is 0.408 e. The van der Waals surface area contributed by atoms with Gasteiger partial charge in [0, 0.05) is 7.05 Å². The lowest BCUT2D eigenvalue weighted by molar-refractivity contribution is -0.150. The van der Waals surface area contributed by atoms with E-state index in [0.29, 0.717) is 16.8 Å². The van der Waals surface area contributed by atoms with E-state index in [1.807, 2.05) is 0 Å². The Hall–Kier alpha value is -1.41. The lowest BCUT2D eigenvalue weighted by Gasteiger charge is -2.37. The number of fused-ring (bicyclic) bond motifs is 1. The molecule has 1 aromatic carbocycles. The molecule has 0 amide bonds. The van der Waals surface area contributed by atoms with E-state index >= 15 is 0 Å². The van der Waals surface area contributed by atoms with Gasteiger partial charge in [-0.3, -0.25) is 4.79 Å². The van der Waals surface area contributed by atoms with Crippen molar-refractivity contribution in [2.24, 2.45) is 0 Å². The number of halogens is 3. The third-order valence-electron chi connectivity index (χ3n) is 3.76. The molecule has 1 heterocycles. The van der Waals surface area contributed by atoms with Gasteiger partial charge in [0.05, 0.1) is 12.1 Å². The normalized spacial score (nSPS) is 19.7. The molecule has 1 aliphatic rings. The first-order valence-corrected chi connectivity index (χ1v) is 8.17. The quantitative estimate of drug-likeness (QED) is 0.862. The highest BCUT2D eigenvalue weighted by atomic mass is 32.2. The minimum Gasteiger partial charge on any atom is -0.612 e. The van der Waals surface area contributed by atoms with Gasteiger partial charge in [0.1, 0.15) is 12.3 Å². The van der Waals surface area contributed by atoms with E-state index in [9.17, 15) is 22.5 Å². The number of alkyl halides is 3. The first-order valence-electron chi connectivity index (χ1n) is 6.62. The second-order valence-corrected chi connectivity index (χ2v) is 6.68. The van der Waals surface area contributed by atoms with Gasteiger partial charge in [0.25, 0.3) is 0 Å². The van der Waals surface area contributed by atoms with Crippen molar-refractivity contribution in [2.75, 3.05) is 18.2 Å². The largest absolute Gasteiger partial charge is 0.612 e. The van der Waals surface area contributed by atoms with Crippen LogP contribution in [0.3, 0.4) is 0 Å². The number of carboxylic acids is 1. The molecular formula is C14H16F3NO3S. The van der Waals surface area contributed by atoms with Crippen LogP contribution in [0.1, 0.15) is 17.5 Å². The summed E-state index contributed by atoms with van der Waals surface area (Å²) in [4.78, 5) is 12.2. The van der Waals surface area contributed by atoms with Crippen LogP contribution in [0.15, 0.2) is 17.0 Å². The molecule has 4 nitrogen and oxygen atoms in total. The van der Waals surface area contributed by atoms with Crippen molar-refractivity contribution < 1.29 is 27.6 Å². The molecule has 8 heteroatoms. The van der Waals surface area contributed by atoms with E-state index in [-0.39, 0.29) is 24.2 Å². The number of aryl methyl sites for hydroxylation is 1. The Morgan fingerprint density at radius 2 is 2.14 bits per heavy atom. The van der Waals surface area contributed by atoms with Gasteiger partial charge < -0.3 is 14.6 Å².